The summed E-state index contributed by atoms with van der Waals surface area (Å²) in [5.41, 5.74) is 0.931. The van der Waals surface area contributed by atoms with Crippen LogP contribution in [0.25, 0.3) is 0 Å². The number of anilines is 1. The lowest BCUT2D eigenvalue weighted by Crippen LogP contribution is -2.55. The molecular weight excluding hydrogens is 669 g/mol. The van der Waals surface area contributed by atoms with Crippen molar-refractivity contribution in [1.29, 1.82) is 0 Å². The second-order valence-corrected chi connectivity index (χ2v) is 16.5. The molecule has 1 fully saturated rings. The Bertz CT molecular complexity index is 1690. The number of alkyl halides is 3. The SMILES string of the molecule is C[C@@H]1[C@@H](C)C/C=C/[C@@](CO)(OCC(F)(F)F)[C@@H]2CC[C@H]2CN2C[C@@]3(CCCc4cc(Cl)ccc43)COc3ccc(cc32)C(=O)NS1(=O)=O. The molecule has 0 saturated heterocycles. The van der Waals surface area contributed by atoms with Gasteiger partial charge in [-0.25, -0.2) is 13.1 Å². The predicted molar refractivity (Wildman–Crippen MR) is 177 cm³/mol. The summed E-state index contributed by atoms with van der Waals surface area (Å²) in [6.45, 7) is 2.22. The van der Waals surface area contributed by atoms with Gasteiger partial charge in [0, 0.05) is 29.1 Å². The Morgan fingerprint density at radius 3 is 2.67 bits per heavy atom. The van der Waals surface area contributed by atoms with Crippen molar-refractivity contribution >= 4 is 33.2 Å². The van der Waals surface area contributed by atoms with Gasteiger partial charge in [0.25, 0.3) is 5.91 Å². The third kappa shape index (κ3) is 6.82. The van der Waals surface area contributed by atoms with Gasteiger partial charge in [-0.1, -0.05) is 36.7 Å². The van der Waals surface area contributed by atoms with Gasteiger partial charge in [0.15, 0.2) is 0 Å². The van der Waals surface area contributed by atoms with Crippen LogP contribution in [0.3, 0.4) is 0 Å². The van der Waals surface area contributed by atoms with Crippen molar-refractivity contribution in [2.75, 3.05) is 37.8 Å². The zero-order valence-electron chi connectivity index (χ0n) is 27.1. The number of nitrogens with zero attached hydrogens (tertiary/aromatic N) is 1. The van der Waals surface area contributed by atoms with E-state index in [-0.39, 0.29) is 17.9 Å². The molecule has 0 unspecified atom stereocenters. The first-order valence-corrected chi connectivity index (χ1v) is 18.4. The second kappa shape index (κ2) is 13.2. The third-order valence-corrected chi connectivity index (χ3v) is 13.1. The molecule has 1 spiro atoms. The van der Waals surface area contributed by atoms with Crippen molar-refractivity contribution in [3.63, 3.8) is 0 Å². The Hall–Kier alpha value is -2.80. The van der Waals surface area contributed by atoms with Crippen LogP contribution in [0.15, 0.2) is 48.6 Å². The molecule has 2 bridgehead atoms. The van der Waals surface area contributed by atoms with Gasteiger partial charge in [0.2, 0.25) is 10.0 Å². The molecular formula is C35H42ClF3N2O6S. The molecule has 2 heterocycles. The monoisotopic (exact) mass is 710 g/mol. The van der Waals surface area contributed by atoms with E-state index in [0.717, 1.165) is 30.4 Å². The molecule has 8 nitrogen and oxygen atoms in total. The number of amides is 1. The molecule has 2 aliphatic heterocycles. The molecule has 48 heavy (non-hydrogen) atoms. The normalized spacial score (nSPS) is 32.6. The number of ether oxygens (including phenoxy) is 2. The van der Waals surface area contributed by atoms with Crippen LogP contribution in [0.4, 0.5) is 18.9 Å². The number of sulfonamides is 1. The Labute approximate surface area is 284 Å². The van der Waals surface area contributed by atoms with E-state index in [2.05, 4.69) is 9.62 Å². The largest absolute Gasteiger partial charge is 0.490 e. The van der Waals surface area contributed by atoms with E-state index in [0.29, 0.717) is 49.0 Å². The number of nitrogens with one attached hydrogen (secondary N) is 1. The van der Waals surface area contributed by atoms with Gasteiger partial charge in [-0.15, -0.1) is 0 Å². The molecule has 2 N–H and O–H groups in total. The summed E-state index contributed by atoms with van der Waals surface area (Å²) in [5.74, 6) is -1.34. The minimum atomic E-state index is -4.61. The van der Waals surface area contributed by atoms with Gasteiger partial charge in [-0.3, -0.25) is 4.79 Å². The van der Waals surface area contributed by atoms with E-state index in [1.54, 1.807) is 31.2 Å². The van der Waals surface area contributed by atoms with Gasteiger partial charge in [0.05, 0.1) is 24.2 Å². The van der Waals surface area contributed by atoms with E-state index in [1.807, 2.05) is 18.2 Å². The molecule has 1 amide bonds. The maximum Gasteiger partial charge on any atom is 0.411 e. The first-order chi connectivity index (χ1) is 22.7. The predicted octanol–water partition coefficient (Wildman–Crippen LogP) is 6.19. The summed E-state index contributed by atoms with van der Waals surface area (Å²) in [6, 6.07) is 10.7. The van der Waals surface area contributed by atoms with E-state index >= 15 is 0 Å². The fourth-order valence-electron chi connectivity index (χ4n) is 7.94. The standard InChI is InChI=1S/C35H42ClF3N2O6S/c1-22-5-3-14-34(19-42,47-21-35(37,38)39)29-10-7-26(29)17-41-18-33(13-4-6-24-15-27(36)9-11-28(24)33)20-46-31-12-8-25(16-30(31)41)32(43)40-48(44,45)23(22)2/h3,8-9,11-12,14-16,22-23,26,29,42H,4-7,10,13,17-21H2,1-2H3,(H,40,43)/b14-3+/t22-,23+,26-,29+,33-,34-/m0/s1. The van der Waals surface area contributed by atoms with Crippen LogP contribution in [-0.4, -0.2) is 69.4 Å². The van der Waals surface area contributed by atoms with Crippen LogP contribution in [0, 0.1) is 17.8 Å². The number of halogens is 4. The van der Waals surface area contributed by atoms with Crippen molar-refractivity contribution in [3.05, 3.63) is 70.3 Å². The first-order valence-electron chi connectivity index (χ1n) is 16.5. The highest BCUT2D eigenvalue weighted by molar-refractivity contribution is 7.90. The van der Waals surface area contributed by atoms with E-state index in [9.17, 15) is 31.5 Å². The number of aryl methyl sites for hydroxylation is 1. The fourth-order valence-corrected chi connectivity index (χ4v) is 9.42. The van der Waals surface area contributed by atoms with Crippen LogP contribution in [0.1, 0.15) is 67.4 Å². The number of rotatable bonds is 3. The molecule has 6 atom stereocenters. The Balaban J connectivity index is 1.46. The molecule has 2 aliphatic carbocycles. The zero-order chi connectivity index (χ0) is 34.5. The molecule has 13 heteroatoms. The minimum Gasteiger partial charge on any atom is -0.490 e. The summed E-state index contributed by atoms with van der Waals surface area (Å²) >= 11 is 6.38. The highest BCUT2D eigenvalue weighted by Gasteiger charge is 2.50. The van der Waals surface area contributed by atoms with E-state index < -0.39 is 63.4 Å². The van der Waals surface area contributed by atoms with E-state index in [4.69, 9.17) is 21.1 Å². The zero-order valence-corrected chi connectivity index (χ0v) is 28.6. The second-order valence-electron chi connectivity index (χ2n) is 14.0. The summed E-state index contributed by atoms with van der Waals surface area (Å²) in [5, 5.41) is 10.4. The maximum absolute atomic E-state index is 13.5. The van der Waals surface area contributed by atoms with Gasteiger partial charge < -0.3 is 19.5 Å². The number of aliphatic hydroxyl groups is 1. The lowest BCUT2D eigenvalue weighted by atomic mass is 9.64. The maximum atomic E-state index is 13.5. The number of allylic oxidation sites excluding steroid dienone is 1. The van der Waals surface area contributed by atoms with Crippen LogP contribution >= 0.6 is 11.6 Å². The molecule has 1 saturated carbocycles. The third-order valence-electron chi connectivity index (χ3n) is 11.0. The highest BCUT2D eigenvalue weighted by Crippen LogP contribution is 2.49. The van der Waals surface area contributed by atoms with Crippen molar-refractivity contribution < 1.29 is 41.0 Å². The lowest BCUT2D eigenvalue weighted by Gasteiger charge is -2.50. The van der Waals surface area contributed by atoms with Crippen molar-refractivity contribution in [3.8, 4) is 5.75 Å². The molecule has 6 rings (SSSR count). The van der Waals surface area contributed by atoms with Crippen molar-refractivity contribution in [1.82, 2.24) is 4.72 Å². The molecule has 2 aromatic carbocycles. The number of hydrogen-bond donors (Lipinski definition) is 2. The number of aliphatic hydroxyl groups excluding tert-OH is 1. The summed E-state index contributed by atoms with van der Waals surface area (Å²) in [4.78, 5) is 15.6. The minimum absolute atomic E-state index is 0.146. The number of carbonyl (C=O) groups is 1. The molecule has 262 valence electrons. The fraction of sp³-hybridized carbons (Fsp3) is 0.571. The Kier molecular flexibility index (Phi) is 9.60. The Morgan fingerprint density at radius 1 is 1.17 bits per heavy atom. The quantitative estimate of drug-likeness (QED) is 0.366. The van der Waals surface area contributed by atoms with Gasteiger partial charge in [-0.05, 0) is 105 Å². The number of fused-ring (bicyclic) bond motifs is 4. The summed E-state index contributed by atoms with van der Waals surface area (Å²) in [7, 11) is -4.13. The molecule has 2 aromatic rings. The topological polar surface area (TPSA) is 105 Å². The molecule has 0 radical (unpaired) electrons. The van der Waals surface area contributed by atoms with Gasteiger partial charge in [0.1, 0.15) is 18.0 Å². The highest BCUT2D eigenvalue weighted by atomic mass is 35.5. The van der Waals surface area contributed by atoms with Gasteiger partial charge in [-0.2, -0.15) is 13.2 Å². The van der Waals surface area contributed by atoms with Crippen molar-refractivity contribution in [2.24, 2.45) is 17.8 Å². The first kappa shape index (κ1) is 35.0. The van der Waals surface area contributed by atoms with Crippen LogP contribution in [-0.2, 0) is 26.6 Å². The molecule has 4 aliphatic rings. The lowest BCUT2D eigenvalue weighted by molar-refractivity contribution is -0.221. The van der Waals surface area contributed by atoms with Gasteiger partial charge >= 0.3 is 6.18 Å². The average molecular weight is 711 g/mol. The average Bonchev–Trinajstić information content (AvgIpc) is 3.17. The number of benzene rings is 2. The Morgan fingerprint density at radius 2 is 1.96 bits per heavy atom. The van der Waals surface area contributed by atoms with E-state index in [1.165, 1.54) is 13.0 Å². The summed E-state index contributed by atoms with van der Waals surface area (Å²) < 4.78 is 81.6. The van der Waals surface area contributed by atoms with Crippen molar-refractivity contribution in [2.45, 2.75) is 74.8 Å². The smallest absolute Gasteiger partial charge is 0.411 e. The molecule has 0 aromatic heterocycles. The number of carbonyl (C=O) groups excluding carboxylic acids is 1. The van der Waals surface area contributed by atoms with Crippen LogP contribution < -0.4 is 14.4 Å². The van der Waals surface area contributed by atoms with Crippen LogP contribution in [0.5, 0.6) is 5.75 Å². The summed E-state index contributed by atoms with van der Waals surface area (Å²) in [6.07, 6.45) is 2.50. The van der Waals surface area contributed by atoms with Crippen LogP contribution in [0.2, 0.25) is 5.02 Å². The number of hydrogen-bond acceptors (Lipinski definition) is 7.